The van der Waals surface area contributed by atoms with Crippen LogP contribution >= 0.6 is 23.1 Å². The van der Waals surface area contributed by atoms with Crippen LogP contribution in [-0.4, -0.2) is 34.6 Å². The summed E-state index contributed by atoms with van der Waals surface area (Å²) in [4.78, 5) is 25.3. The smallest absolute Gasteiger partial charge is 0.408 e. The zero-order valence-electron chi connectivity index (χ0n) is 18.3. The van der Waals surface area contributed by atoms with Gasteiger partial charge >= 0.3 is 12.1 Å². The molecule has 1 amide bonds. The predicted octanol–water partition coefficient (Wildman–Crippen LogP) is 5.75. The average Bonchev–Trinajstić information content (AvgIpc) is 3.29. The van der Waals surface area contributed by atoms with Gasteiger partial charge in [-0.15, -0.1) is 23.1 Å². The highest BCUT2D eigenvalue weighted by atomic mass is 32.2. The number of carbonyl (C=O) groups excluding carboxylic acids is 1. The van der Waals surface area contributed by atoms with Crippen molar-refractivity contribution >= 4 is 35.2 Å². The summed E-state index contributed by atoms with van der Waals surface area (Å²) in [5, 5.41) is 14.3. The van der Waals surface area contributed by atoms with Crippen molar-refractivity contribution in [1.82, 2.24) is 5.32 Å². The molecule has 0 aliphatic carbocycles. The maximum Gasteiger partial charge on any atom is 0.408 e. The van der Waals surface area contributed by atoms with Gasteiger partial charge in [0.25, 0.3) is 0 Å². The first-order valence-electron chi connectivity index (χ1n) is 10.2. The molecule has 168 valence electrons. The van der Waals surface area contributed by atoms with E-state index in [-0.39, 0.29) is 5.75 Å². The molecular formula is C25H27NO4S2. The van der Waals surface area contributed by atoms with Crippen molar-refractivity contribution in [1.29, 1.82) is 0 Å². The first-order chi connectivity index (χ1) is 15.2. The molecule has 1 atom stereocenters. The van der Waals surface area contributed by atoms with Crippen LogP contribution in [0.15, 0.2) is 78.2 Å². The molecule has 1 aromatic heterocycles. The second-order valence-electron chi connectivity index (χ2n) is 8.24. The van der Waals surface area contributed by atoms with Crippen LogP contribution in [0.4, 0.5) is 4.79 Å². The number of hydrogen-bond donors (Lipinski definition) is 2. The molecule has 0 spiro atoms. The molecule has 0 aliphatic rings. The molecule has 0 aliphatic heterocycles. The fourth-order valence-electron chi connectivity index (χ4n) is 3.35. The lowest BCUT2D eigenvalue weighted by Gasteiger charge is -2.35. The predicted molar refractivity (Wildman–Crippen MR) is 130 cm³/mol. The Hall–Kier alpha value is -2.77. The number of benzene rings is 2. The minimum atomic E-state index is -1.11. The highest BCUT2D eigenvalue weighted by Gasteiger charge is 2.39. The molecule has 0 saturated heterocycles. The van der Waals surface area contributed by atoms with Crippen LogP contribution in [0.5, 0.6) is 0 Å². The Labute approximate surface area is 196 Å². The van der Waals surface area contributed by atoms with Gasteiger partial charge in [-0.1, -0.05) is 66.7 Å². The normalized spacial score (nSPS) is 12.7. The van der Waals surface area contributed by atoms with E-state index < -0.39 is 28.5 Å². The number of carbonyl (C=O) groups is 2. The van der Waals surface area contributed by atoms with E-state index in [1.807, 2.05) is 47.8 Å². The van der Waals surface area contributed by atoms with E-state index in [2.05, 4.69) is 35.6 Å². The Morgan fingerprint density at radius 1 is 0.969 bits per heavy atom. The third kappa shape index (κ3) is 5.72. The number of ether oxygens (including phenoxy) is 1. The number of aliphatic carboxylic acids is 1. The van der Waals surface area contributed by atoms with Gasteiger partial charge < -0.3 is 15.2 Å². The number of thiophene rings is 1. The molecule has 2 N–H and O–H groups in total. The monoisotopic (exact) mass is 469 g/mol. The van der Waals surface area contributed by atoms with Crippen LogP contribution in [-0.2, 0) is 14.3 Å². The summed E-state index contributed by atoms with van der Waals surface area (Å²) >= 11 is 3.11. The molecule has 1 heterocycles. The maximum atomic E-state index is 12.3. The van der Waals surface area contributed by atoms with Crippen LogP contribution < -0.4 is 5.32 Å². The lowest BCUT2D eigenvalue weighted by Crippen LogP contribution is -2.45. The van der Waals surface area contributed by atoms with Crippen LogP contribution in [0.2, 0.25) is 0 Å². The summed E-state index contributed by atoms with van der Waals surface area (Å²) in [5.74, 6) is -0.958. The van der Waals surface area contributed by atoms with Gasteiger partial charge in [0.15, 0.2) is 0 Å². The second-order valence-corrected chi connectivity index (χ2v) is 10.4. The van der Waals surface area contributed by atoms with Gasteiger partial charge in [-0.3, -0.25) is 0 Å². The molecule has 5 nitrogen and oxygen atoms in total. The Balaban J connectivity index is 1.99. The number of carboxylic acid groups (broad SMARTS) is 1. The van der Waals surface area contributed by atoms with Crippen molar-refractivity contribution < 1.29 is 19.4 Å². The summed E-state index contributed by atoms with van der Waals surface area (Å²) in [5.41, 5.74) is 1.37. The largest absolute Gasteiger partial charge is 0.480 e. The van der Waals surface area contributed by atoms with Crippen LogP contribution in [0, 0.1) is 0 Å². The van der Waals surface area contributed by atoms with Gasteiger partial charge in [0.2, 0.25) is 0 Å². The SMILES string of the molecule is CC(C)(C)OC(=O)N[C@@H](CSC(c1ccccc1)(c1ccccc1)c1cccs1)C(=O)O. The minimum Gasteiger partial charge on any atom is -0.480 e. The summed E-state index contributed by atoms with van der Waals surface area (Å²) in [6.45, 7) is 5.22. The lowest BCUT2D eigenvalue weighted by molar-refractivity contribution is -0.138. The molecular weight excluding hydrogens is 442 g/mol. The zero-order valence-corrected chi connectivity index (χ0v) is 19.9. The summed E-state index contributed by atoms with van der Waals surface area (Å²) in [7, 11) is 0. The van der Waals surface area contributed by atoms with E-state index in [1.54, 1.807) is 32.1 Å². The van der Waals surface area contributed by atoms with Crippen molar-refractivity contribution in [3.8, 4) is 0 Å². The van der Waals surface area contributed by atoms with E-state index >= 15 is 0 Å². The molecule has 0 unspecified atom stereocenters. The number of amides is 1. The standard InChI is InChI=1S/C25H27NO4S2/c1-24(2,3)30-23(29)26-20(22(27)28)17-32-25(21-15-10-16-31-21,18-11-6-4-7-12-18)19-13-8-5-9-14-19/h4-16,20H,17H2,1-3H3,(H,26,29)(H,27,28)/t20-/m0/s1. The molecule has 0 radical (unpaired) electrons. The summed E-state index contributed by atoms with van der Waals surface area (Å²) < 4.78 is 4.65. The van der Waals surface area contributed by atoms with Crippen molar-refractivity contribution in [2.24, 2.45) is 0 Å². The van der Waals surface area contributed by atoms with Crippen molar-refractivity contribution in [3.63, 3.8) is 0 Å². The molecule has 0 bridgehead atoms. The van der Waals surface area contributed by atoms with E-state index in [0.717, 1.165) is 16.0 Å². The van der Waals surface area contributed by atoms with Gasteiger partial charge in [0, 0.05) is 10.6 Å². The molecule has 0 fully saturated rings. The van der Waals surface area contributed by atoms with Gasteiger partial charge in [0.1, 0.15) is 11.6 Å². The Bertz CT molecular complexity index is 976. The fourth-order valence-corrected chi connectivity index (χ4v) is 5.99. The summed E-state index contributed by atoms with van der Waals surface area (Å²) in [6.07, 6.45) is -0.744. The molecule has 32 heavy (non-hydrogen) atoms. The quantitative estimate of drug-likeness (QED) is 0.439. The summed E-state index contributed by atoms with van der Waals surface area (Å²) in [6, 6.07) is 23.0. The van der Waals surface area contributed by atoms with Crippen LogP contribution in [0.1, 0.15) is 36.8 Å². The number of carboxylic acids is 1. The number of nitrogens with one attached hydrogen (secondary N) is 1. The molecule has 7 heteroatoms. The van der Waals surface area contributed by atoms with Gasteiger partial charge in [-0.25, -0.2) is 9.59 Å². The van der Waals surface area contributed by atoms with E-state index in [9.17, 15) is 14.7 Å². The van der Waals surface area contributed by atoms with Crippen molar-refractivity contribution in [2.75, 3.05) is 5.75 Å². The first kappa shape index (κ1) is 23.9. The van der Waals surface area contributed by atoms with Gasteiger partial charge in [-0.2, -0.15) is 0 Å². The Morgan fingerprint density at radius 3 is 1.97 bits per heavy atom. The van der Waals surface area contributed by atoms with E-state index in [0.29, 0.717) is 0 Å². The maximum absolute atomic E-state index is 12.3. The van der Waals surface area contributed by atoms with Crippen molar-refractivity contribution in [2.45, 2.75) is 37.2 Å². The Kier molecular flexibility index (Phi) is 7.64. The average molecular weight is 470 g/mol. The van der Waals surface area contributed by atoms with Crippen molar-refractivity contribution in [3.05, 3.63) is 94.2 Å². The first-order valence-corrected chi connectivity index (χ1v) is 12.1. The number of alkyl carbamates (subject to hydrolysis) is 1. The van der Waals surface area contributed by atoms with E-state index in [1.165, 1.54) is 11.8 Å². The third-order valence-corrected chi connectivity index (χ3v) is 7.43. The van der Waals surface area contributed by atoms with Gasteiger partial charge in [-0.05, 0) is 43.3 Å². The fraction of sp³-hybridized carbons (Fsp3) is 0.280. The molecule has 3 aromatic rings. The Morgan fingerprint density at radius 2 is 1.53 bits per heavy atom. The highest BCUT2D eigenvalue weighted by Crippen LogP contribution is 2.50. The third-order valence-electron chi connectivity index (χ3n) is 4.68. The number of rotatable bonds is 8. The number of thioether (sulfide) groups is 1. The van der Waals surface area contributed by atoms with Gasteiger partial charge in [0.05, 0.1) is 4.75 Å². The highest BCUT2D eigenvalue weighted by molar-refractivity contribution is 8.00. The van der Waals surface area contributed by atoms with Crippen LogP contribution in [0.3, 0.4) is 0 Å². The molecule has 2 aromatic carbocycles. The molecule has 3 rings (SSSR count). The lowest BCUT2D eigenvalue weighted by atomic mass is 9.89. The minimum absolute atomic E-state index is 0.149. The zero-order chi connectivity index (χ0) is 23.2. The van der Waals surface area contributed by atoms with Crippen LogP contribution in [0.25, 0.3) is 0 Å². The molecule has 0 saturated carbocycles. The number of hydrogen-bond acceptors (Lipinski definition) is 5. The second kappa shape index (κ2) is 10.2. The topological polar surface area (TPSA) is 75.6 Å². The van der Waals surface area contributed by atoms with E-state index in [4.69, 9.17) is 4.74 Å².